The van der Waals surface area contributed by atoms with Crippen molar-refractivity contribution in [2.45, 2.75) is 58.3 Å². The molecule has 0 aliphatic carbocycles. The molecule has 27 heavy (non-hydrogen) atoms. The van der Waals surface area contributed by atoms with Gasteiger partial charge in [-0.2, -0.15) is 0 Å². The summed E-state index contributed by atoms with van der Waals surface area (Å²) in [7, 11) is 0. The number of amides is 1. The van der Waals surface area contributed by atoms with Crippen LogP contribution in [-0.4, -0.2) is 54.2 Å². The van der Waals surface area contributed by atoms with Crippen LogP contribution < -0.4 is 10.6 Å². The predicted molar refractivity (Wildman–Crippen MR) is 115 cm³/mol. The molecule has 6 nitrogen and oxygen atoms in total. The van der Waals surface area contributed by atoms with Crippen LogP contribution >= 0.6 is 36.2 Å². The zero-order chi connectivity index (χ0) is 17.6. The molecule has 0 spiro atoms. The fraction of sp³-hybridized carbons (Fsp3) is 0.778. The summed E-state index contributed by atoms with van der Waals surface area (Å²) >= 11 is 1.52. The van der Waals surface area contributed by atoms with E-state index in [9.17, 15) is 4.79 Å². The largest absolute Gasteiger partial charge is 0.373 e. The molecule has 2 saturated heterocycles. The maximum absolute atomic E-state index is 12.2. The summed E-state index contributed by atoms with van der Waals surface area (Å²) in [6.07, 6.45) is 4.47. The van der Waals surface area contributed by atoms with Crippen LogP contribution in [0.4, 0.5) is 5.13 Å². The van der Waals surface area contributed by atoms with Gasteiger partial charge in [-0.25, -0.2) is 4.98 Å². The Labute approximate surface area is 178 Å². The Bertz CT molecular complexity index is 559. The van der Waals surface area contributed by atoms with Crippen LogP contribution in [0.15, 0.2) is 5.38 Å². The number of aromatic nitrogens is 1. The second kappa shape index (κ2) is 12.2. The minimum Gasteiger partial charge on any atom is -0.373 e. The standard InChI is InChI=1S/C18H30N4O2S.2ClH/c1-13-9-22(10-14(2)24-13)11-16-12-25-18(20-16)21-17(23)4-3-15-5-7-19-8-6-15;;/h12-15,19H,3-11H2,1-2H3,(H,20,21,23);2*1H. The van der Waals surface area contributed by atoms with E-state index in [-0.39, 0.29) is 42.9 Å². The number of anilines is 1. The first-order valence-corrected chi connectivity index (χ1v) is 10.3. The first-order valence-electron chi connectivity index (χ1n) is 9.41. The van der Waals surface area contributed by atoms with Crippen LogP contribution in [-0.2, 0) is 16.1 Å². The molecule has 0 saturated carbocycles. The van der Waals surface area contributed by atoms with Gasteiger partial charge in [0.1, 0.15) is 0 Å². The van der Waals surface area contributed by atoms with E-state index in [0.29, 0.717) is 12.3 Å². The number of nitrogens with zero attached hydrogens (tertiary/aromatic N) is 2. The fourth-order valence-corrected chi connectivity index (χ4v) is 4.48. The molecule has 1 amide bonds. The Morgan fingerprint density at radius 3 is 2.63 bits per heavy atom. The molecule has 2 N–H and O–H groups in total. The van der Waals surface area contributed by atoms with Crippen molar-refractivity contribution in [3.8, 4) is 0 Å². The van der Waals surface area contributed by atoms with Crippen LogP contribution in [0.5, 0.6) is 0 Å². The predicted octanol–water partition coefficient (Wildman–Crippen LogP) is 3.31. The molecular weight excluding hydrogens is 407 g/mol. The molecule has 3 rings (SSSR count). The van der Waals surface area contributed by atoms with E-state index in [2.05, 4.69) is 34.4 Å². The third kappa shape index (κ3) is 8.21. The number of morpholine rings is 1. The highest BCUT2D eigenvalue weighted by Crippen LogP contribution is 2.21. The van der Waals surface area contributed by atoms with Crippen molar-refractivity contribution >= 4 is 47.2 Å². The van der Waals surface area contributed by atoms with Crippen molar-refractivity contribution in [2.75, 3.05) is 31.5 Å². The summed E-state index contributed by atoms with van der Waals surface area (Å²) in [6, 6.07) is 0. The third-order valence-corrected chi connectivity index (χ3v) is 5.72. The molecular formula is C18H32Cl2N4O2S. The Hall–Kier alpha value is -0.440. The van der Waals surface area contributed by atoms with E-state index in [1.54, 1.807) is 0 Å². The van der Waals surface area contributed by atoms with Gasteiger partial charge in [-0.3, -0.25) is 9.69 Å². The minimum atomic E-state index is 0. The summed E-state index contributed by atoms with van der Waals surface area (Å²) in [6.45, 7) is 9.07. The summed E-state index contributed by atoms with van der Waals surface area (Å²) in [5.74, 6) is 0.775. The molecule has 2 aliphatic rings. The molecule has 0 radical (unpaired) electrons. The van der Waals surface area contributed by atoms with E-state index in [1.807, 2.05) is 5.38 Å². The Morgan fingerprint density at radius 2 is 1.96 bits per heavy atom. The second-order valence-electron chi connectivity index (χ2n) is 7.38. The van der Waals surface area contributed by atoms with Crippen molar-refractivity contribution in [2.24, 2.45) is 5.92 Å². The molecule has 3 heterocycles. The smallest absolute Gasteiger partial charge is 0.226 e. The maximum Gasteiger partial charge on any atom is 0.226 e. The van der Waals surface area contributed by atoms with Gasteiger partial charge in [-0.05, 0) is 52.1 Å². The van der Waals surface area contributed by atoms with Crippen molar-refractivity contribution in [1.82, 2.24) is 15.2 Å². The number of rotatable bonds is 6. The number of piperidine rings is 1. The van der Waals surface area contributed by atoms with Crippen LogP contribution in [0.1, 0.15) is 45.2 Å². The Balaban J connectivity index is 0.00000182. The summed E-state index contributed by atoms with van der Waals surface area (Å²) < 4.78 is 5.77. The van der Waals surface area contributed by atoms with E-state index < -0.39 is 0 Å². The van der Waals surface area contributed by atoms with Gasteiger partial charge in [0.2, 0.25) is 5.91 Å². The van der Waals surface area contributed by atoms with Gasteiger partial charge in [-0.15, -0.1) is 36.2 Å². The molecule has 1 aromatic rings. The zero-order valence-corrected chi connectivity index (χ0v) is 18.6. The Kier molecular flexibility index (Phi) is 11.1. The van der Waals surface area contributed by atoms with Gasteiger partial charge in [0.05, 0.1) is 17.9 Å². The lowest BCUT2D eigenvalue weighted by Crippen LogP contribution is -2.44. The quantitative estimate of drug-likeness (QED) is 0.712. The molecule has 1 aromatic heterocycles. The van der Waals surface area contributed by atoms with Crippen LogP contribution in [0.25, 0.3) is 0 Å². The number of thiazole rings is 1. The molecule has 2 unspecified atom stereocenters. The van der Waals surface area contributed by atoms with Crippen LogP contribution in [0.2, 0.25) is 0 Å². The van der Waals surface area contributed by atoms with E-state index in [1.165, 1.54) is 24.2 Å². The molecule has 0 bridgehead atoms. The van der Waals surface area contributed by atoms with Gasteiger partial charge in [-0.1, -0.05) is 0 Å². The number of ether oxygens (including phenoxy) is 1. The SMILES string of the molecule is CC1CN(Cc2csc(NC(=O)CCC3CCNCC3)n2)CC(C)O1.Cl.Cl. The van der Waals surface area contributed by atoms with Gasteiger partial charge in [0.25, 0.3) is 0 Å². The van der Waals surface area contributed by atoms with Gasteiger partial charge >= 0.3 is 0 Å². The lowest BCUT2D eigenvalue weighted by atomic mass is 9.93. The summed E-state index contributed by atoms with van der Waals surface area (Å²) in [4.78, 5) is 19.1. The molecule has 156 valence electrons. The number of halogens is 2. The monoisotopic (exact) mass is 438 g/mol. The number of hydrogen-bond acceptors (Lipinski definition) is 6. The zero-order valence-electron chi connectivity index (χ0n) is 16.1. The first-order chi connectivity index (χ1) is 12.1. The van der Waals surface area contributed by atoms with Crippen molar-refractivity contribution in [3.05, 3.63) is 11.1 Å². The minimum absolute atomic E-state index is 0. The number of carbonyl (C=O) groups excluding carboxylic acids is 1. The lowest BCUT2D eigenvalue weighted by Gasteiger charge is -2.34. The number of nitrogens with one attached hydrogen (secondary N) is 2. The van der Waals surface area contributed by atoms with E-state index >= 15 is 0 Å². The van der Waals surface area contributed by atoms with Crippen LogP contribution in [0.3, 0.4) is 0 Å². The molecule has 9 heteroatoms. The fourth-order valence-electron chi connectivity index (χ4n) is 3.77. The topological polar surface area (TPSA) is 66.5 Å². The average molecular weight is 439 g/mol. The van der Waals surface area contributed by atoms with Crippen molar-refractivity contribution in [1.29, 1.82) is 0 Å². The van der Waals surface area contributed by atoms with Gasteiger partial charge in [0, 0.05) is 31.4 Å². The van der Waals surface area contributed by atoms with Crippen molar-refractivity contribution < 1.29 is 9.53 Å². The van der Waals surface area contributed by atoms with E-state index in [0.717, 1.165) is 50.0 Å². The second-order valence-corrected chi connectivity index (χ2v) is 8.23. The van der Waals surface area contributed by atoms with Crippen LogP contribution in [0, 0.1) is 5.92 Å². The molecule has 2 fully saturated rings. The average Bonchev–Trinajstić information content (AvgIpc) is 3.00. The van der Waals surface area contributed by atoms with Crippen molar-refractivity contribution in [3.63, 3.8) is 0 Å². The molecule has 2 aliphatic heterocycles. The highest BCUT2D eigenvalue weighted by Gasteiger charge is 2.23. The normalized spacial score (nSPS) is 23.9. The summed E-state index contributed by atoms with van der Waals surface area (Å²) in [5, 5.41) is 9.10. The Morgan fingerprint density at radius 1 is 1.30 bits per heavy atom. The highest BCUT2D eigenvalue weighted by atomic mass is 35.5. The summed E-state index contributed by atoms with van der Waals surface area (Å²) in [5.41, 5.74) is 1.03. The molecule has 2 atom stereocenters. The first kappa shape index (κ1) is 24.6. The lowest BCUT2D eigenvalue weighted by molar-refractivity contribution is -0.116. The molecule has 0 aromatic carbocycles. The number of carbonyl (C=O) groups is 1. The van der Waals surface area contributed by atoms with E-state index in [4.69, 9.17) is 4.74 Å². The number of hydrogen-bond donors (Lipinski definition) is 2. The third-order valence-electron chi connectivity index (χ3n) is 4.92. The van der Waals surface area contributed by atoms with Gasteiger partial charge < -0.3 is 15.4 Å². The maximum atomic E-state index is 12.2. The van der Waals surface area contributed by atoms with Gasteiger partial charge in [0.15, 0.2) is 5.13 Å². The highest BCUT2D eigenvalue weighted by molar-refractivity contribution is 7.13.